The lowest BCUT2D eigenvalue weighted by Gasteiger charge is -2.33. The molecule has 0 bridgehead atoms. The average Bonchev–Trinajstić information content (AvgIpc) is 2.64. The highest BCUT2D eigenvalue weighted by Crippen LogP contribution is 2.18. The molecule has 0 spiro atoms. The minimum absolute atomic E-state index is 0.259. The van der Waals surface area contributed by atoms with Gasteiger partial charge in [-0.05, 0) is 57.4 Å². The second-order valence-electron chi connectivity index (χ2n) is 6.83. The van der Waals surface area contributed by atoms with Gasteiger partial charge in [-0.25, -0.2) is 9.38 Å². The normalized spacial score (nSPS) is 18.6. The third-order valence-electron chi connectivity index (χ3n) is 4.84. The Morgan fingerprint density at radius 2 is 2.19 bits per heavy atom. The summed E-state index contributed by atoms with van der Waals surface area (Å²) >= 11 is 0. The molecule has 1 aromatic carbocycles. The van der Waals surface area contributed by atoms with E-state index in [1.54, 1.807) is 6.07 Å². The van der Waals surface area contributed by atoms with E-state index in [-0.39, 0.29) is 11.6 Å². The maximum Gasteiger partial charge on any atom is 0.191 e. The lowest BCUT2D eigenvalue weighted by molar-refractivity contribution is 0.159. The number of nitrogens with one attached hydrogen (secondary N) is 2. The summed E-state index contributed by atoms with van der Waals surface area (Å²) in [5.41, 5.74) is 0.822. The quantitative estimate of drug-likeness (QED) is 0.423. The number of aliphatic imine (C=N–C) groups is 1. The third-order valence-corrected chi connectivity index (χ3v) is 4.84. The van der Waals surface area contributed by atoms with Crippen LogP contribution < -0.4 is 15.4 Å². The minimum Gasteiger partial charge on any atom is -0.494 e. The van der Waals surface area contributed by atoms with Gasteiger partial charge in [0.05, 0.1) is 13.7 Å². The van der Waals surface area contributed by atoms with E-state index in [2.05, 4.69) is 27.4 Å². The van der Waals surface area contributed by atoms with Gasteiger partial charge in [0.15, 0.2) is 17.5 Å². The molecule has 26 heavy (non-hydrogen) atoms. The Kier molecular flexibility index (Phi) is 8.68. The van der Waals surface area contributed by atoms with Gasteiger partial charge in [-0.3, -0.25) is 0 Å². The van der Waals surface area contributed by atoms with E-state index < -0.39 is 0 Å². The Morgan fingerprint density at radius 1 is 1.35 bits per heavy atom. The number of hydrogen-bond donors (Lipinski definition) is 2. The molecular formula is C20H33FN4O. The zero-order valence-electron chi connectivity index (χ0n) is 16.4. The van der Waals surface area contributed by atoms with Gasteiger partial charge < -0.3 is 20.3 Å². The van der Waals surface area contributed by atoms with Crippen LogP contribution in [0.15, 0.2) is 23.2 Å². The first-order valence-electron chi connectivity index (χ1n) is 9.72. The molecule has 1 aromatic rings. The monoisotopic (exact) mass is 364 g/mol. The van der Waals surface area contributed by atoms with Crippen molar-refractivity contribution in [2.24, 2.45) is 4.99 Å². The molecule has 1 fully saturated rings. The number of hydrogen-bond acceptors (Lipinski definition) is 3. The zero-order valence-corrected chi connectivity index (χ0v) is 16.4. The molecule has 0 saturated carbocycles. The van der Waals surface area contributed by atoms with E-state index in [0.29, 0.717) is 12.6 Å². The van der Waals surface area contributed by atoms with E-state index in [4.69, 9.17) is 4.74 Å². The fraction of sp³-hybridized carbons (Fsp3) is 0.650. The van der Waals surface area contributed by atoms with Crippen molar-refractivity contribution in [3.8, 4) is 5.75 Å². The first kappa shape index (κ1) is 20.5. The molecule has 1 heterocycles. The fourth-order valence-electron chi connectivity index (χ4n) is 3.30. The van der Waals surface area contributed by atoms with Crippen LogP contribution in [0, 0.1) is 5.82 Å². The van der Waals surface area contributed by atoms with Gasteiger partial charge in [0.2, 0.25) is 0 Å². The number of benzene rings is 1. The van der Waals surface area contributed by atoms with Gasteiger partial charge in [-0.1, -0.05) is 12.5 Å². The van der Waals surface area contributed by atoms with E-state index in [0.717, 1.165) is 37.6 Å². The van der Waals surface area contributed by atoms with Crippen molar-refractivity contribution >= 4 is 5.96 Å². The molecule has 146 valence electrons. The summed E-state index contributed by atoms with van der Waals surface area (Å²) in [6.45, 7) is 8.82. The number of ether oxygens (including phenoxy) is 1. The Labute approximate surface area is 157 Å². The Bertz CT molecular complexity index is 579. The van der Waals surface area contributed by atoms with Gasteiger partial charge >= 0.3 is 0 Å². The molecule has 0 radical (unpaired) electrons. The first-order chi connectivity index (χ1) is 12.6. The van der Waals surface area contributed by atoms with Gasteiger partial charge in [0.1, 0.15) is 0 Å². The molecule has 0 aliphatic carbocycles. The van der Waals surface area contributed by atoms with Gasteiger partial charge in [-0.2, -0.15) is 0 Å². The summed E-state index contributed by atoms with van der Waals surface area (Å²) in [5.74, 6) is 0.680. The van der Waals surface area contributed by atoms with E-state index >= 15 is 0 Å². The molecule has 0 aromatic heterocycles. The number of guanidine groups is 1. The lowest BCUT2D eigenvalue weighted by Crippen LogP contribution is -2.41. The smallest absolute Gasteiger partial charge is 0.191 e. The van der Waals surface area contributed by atoms with Crippen molar-refractivity contribution in [1.29, 1.82) is 0 Å². The van der Waals surface area contributed by atoms with Crippen LogP contribution in [0.5, 0.6) is 5.75 Å². The van der Waals surface area contributed by atoms with Crippen molar-refractivity contribution in [3.05, 3.63) is 29.6 Å². The van der Waals surface area contributed by atoms with Crippen LogP contribution in [0.25, 0.3) is 0 Å². The summed E-state index contributed by atoms with van der Waals surface area (Å²) in [7, 11) is 1.47. The molecule has 1 saturated heterocycles. The molecular weight excluding hydrogens is 331 g/mol. The van der Waals surface area contributed by atoms with E-state index in [9.17, 15) is 4.39 Å². The Hall–Kier alpha value is -1.82. The summed E-state index contributed by atoms with van der Waals surface area (Å²) in [6, 6.07) is 5.66. The SMILES string of the molecule is CCNC(=NCc1ccc(OC)c(F)c1)NCCCN1CCCCC1C. The molecule has 6 heteroatoms. The topological polar surface area (TPSA) is 48.9 Å². The van der Waals surface area contributed by atoms with Crippen LogP contribution in [-0.2, 0) is 6.54 Å². The number of likely N-dealkylation sites (tertiary alicyclic amines) is 1. The largest absolute Gasteiger partial charge is 0.494 e. The number of nitrogens with zero attached hydrogens (tertiary/aromatic N) is 2. The molecule has 1 aliphatic rings. The maximum atomic E-state index is 13.8. The van der Waals surface area contributed by atoms with Crippen LogP contribution in [0.3, 0.4) is 0 Å². The van der Waals surface area contributed by atoms with E-state index in [1.807, 2.05) is 13.0 Å². The minimum atomic E-state index is -0.353. The molecule has 0 amide bonds. The van der Waals surface area contributed by atoms with Gasteiger partial charge in [-0.15, -0.1) is 0 Å². The first-order valence-corrected chi connectivity index (χ1v) is 9.72. The van der Waals surface area contributed by atoms with Crippen molar-refractivity contribution in [2.75, 3.05) is 33.3 Å². The van der Waals surface area contributed by atoms with Gasteiger partial charge in [0.25, 0.3) is 0 Å². The number of methoxy groups -OCH3 is 1. The van der Waals surface area contributed by atoms with Crippen molar-refractivity contribution in [2.45, 2.75) is 52.1 Å². The fourth-order valence-corrected chi connectivity index (χ4v) is 3.30. The summed E-state index contributed by atoms with van der Waals surface area (Å²) in [6.07, 6.45) is 5.08. The second-order valence-corrected chi connectivity index (χ2v) is 6.83. The van der Waals surface area contributed by atoms with Crippen LogP contribution in [0.1, 0.15) is 45.1 Å². The Morgan fingerprint density at radius 3 is 2.88 bits per heavy atom. The van der Waals surface area contributed by atoms with Gasteiger partial charge in [0, 0.05) is 25.7 Å². The zero-order chi connectivity index (χ0) is 18.8. The predicted octanol–water partition coefficient (Wildman–Crippen LogP) is 3.15. The highest BCUT2D eigenvalue weighted by Gasteiger charge is 2.17. The van der Waals surface area contributed by atoms with Crippen molar-refractivity contribution < 1.29 is 9.13 Å². The standard InChI is InChI=1S/C20H33FN4O/c1-4-22-20(23-11-7-13-25-12-6-5-8-16(25)2)24-15-17-9-10-19(26-3)18(21)14-17/h9-10,14,16H,4-8,11-13,15H2,1-3H3,(H2,22,23,24). The molecule has 1 aliphatic heterocycles. The Balaban J connectivity index is 1.79. The predicted molar refractivity (Wildman–Crippen MR) is 105 cm³/mol. The highest BCUT2D eigenvalue weighted by atomic mass is 19.1. The molecule has 2 N–H and O–H groups in total. The molecule has 2 rings (SSSR count). The number of rotatable bonds is 8. The lowest BCUT2D eigenvalue weighted by atomic mass is 10.0. The summed E-state index contributed by atoms with van der Waals surface area (Å²) in [4.78, 5) is 7.13. The van der Waals surface area contributed by atoms with Crippen LogP contribution >= 0.6 is 0 Å². The molecule has 1 atom stereocenters. The maximum absolute atomic E-state index is 13.8. The highest BCUT2D eigenvalue weighted by molar-refractivity contribution is 5.79. The second kappa shape index (κ2) is 11.0. The molecule has 1 unspecified atom stereocenters. The summed E-state index contributed by atoms with van der Waals surface area (Å²) in [5, 5.41) is 6.62. The van der Waals surface area contributed by atoms with E-state index in [1.165, 1.54) is 39.0 Å². The summed E-state index contributed by atoms with van der Waals surface area (Å²) < 4.78 is 18.7. The van der Waals surface area contributed by atoms with Crippen molar-refractivity contribution in [1.82, 2.24) is 15.5 Å². The van der Waals surface area contributed by atoms with Crippen LogP contribution in [0.4, 0.5) is 4.39 Å². The average molecular weight is 365 g/mol. The molecule has 5 nitrogen and oxygen atoms in total. The number of halogens is 1. The van der Waals surface area contributed by atoms with Crippen LogP contribution in [-0.4, -0.2) is 50.2 Å². The van der Waals surface area contributed by atoms with Crippen molar-refractivity contribution in [3.63, 3.8) is 0 Å². The third kappa shape index (κ3) is 6.48. The number of piperidine rings is 1. The van der Waals surface area contributed by atoms with Crippen LogP contribution in [0.2, 0.25) is 0 Å².